The fourth-order valence-electron chi connectivity index (χ4n) is 0.955. The molecule has 0 radical (unpaired) electrons. The van der Waals surface area contributed by atoms with Crippen molar-refractivity contribution >= 4 is 10.1 Å². The molecule has 0 saturated heterocycles. The summed E-state index contributed by atoms with van der Waals surface area (Å²) in [5.74, 6) is -5.77. The fraction of sp³-hybridized carbons (Fsp3) is 1.00. The zero-order valence-electron chi connectivity index (χ0n) is 7.83. The van der Waals surface area contributed by atoms with Crippen molar-refractivity contribution in [3.8, 4) is 0 Å². The van der Waals surface area contributed by atoms with Crippen molar-refractivity contribution in [2.75, 3.05) is 5.75 Å². The third kappa shape index (κ3) is 5.52. The van der Waals surface area contributed by atoms with Crippen molar-refractivity contribution in [3.63, 3.8) is 0 Å². The molecule has 0 aromatic heterocycles. The minimum atomic E-state index is -5.57. The van der Waals surface area contributed by atoms with Gasteiger partial charge >= 0.3 is 6.18 Å². The molecule has 0 aromatic rings. The van der Waals surface area contributed by atoms with Gasteiger partial charge in [0.1, 0.15) is 12.1 Å². The molecule has 0 aliphatic heterocycles. The van der Waals surface area contributed by atoms with Gasteiger partial charge in [0.25, 0.3) is 16.5 Å². The Morgan fingerprint density at radius 1 is 1.00 bits per heavy atom. The van der Waals surface area contributed by atoms with Gasteiger partial charge < -0.3 is 0 Å². The maximum Gasteiger partial charge on any atom is 0.395 e. The van der Waals surface area contributed by atoms with Crippen LogP contribution >= 0.6 is 0 Å². The topological polar surface area (TPSA) is 54.4 Å². The summed E-state index contributed by atoms with van der Waals surface area (Å²) in [6.45, 7) is 0. The van der Waals surface area contributed by atoms with Gasteiger partial charge in [-0.2, -0.15) is 21.6 Å². The number of halogens is 7. The molecule has 0 aromatic carbocycles. The first kappa shape index (κ1) is 16.4. The summed E-state index contributed by atoms with van der Waals surface area (Å²) in [6.07, 6.45) is -17.2. The van der Waals surface area contributed by atoms with Gasteiger partial charge in [-0.25, -0.2) is 17.6 Å². The van der Waals surface area contributed by atoms with Crippen LogP contribution in [0.1, 0.15) is 0 Å². The molecular formula is C6H7F7O3S. The minimum Gasteiger partial charge on any atom is -0.286 e. The zero-order valence-corrected chi connectivity index (χ0v) is 8.65. The normalized spacial score (nSPS) is 19.1. The van der Waals surface area contributed by atoms with Crippen LogP contribution in [0.3, 0.4) is 0 Å². The lowest BCUT2D eigenvalue weighted by molar-refractivity contribution is -0.195. The molecule has 17 heavy (non-hydrogen) atoms. The van der Waals surface area contributed by atoms with Crippen LogP contribution in [0.5, 0.6) is 0 Å². The Hall–Kier alpha value is -0.580. The molecule has 3 nitrogen and oxygen atoms in total. The lowest BCUT2D eigenvalue weighted by Crippen LogP contribution is -2.43. The molecule has 0 amide bonds. The van der Waals surface area contributed by atoms with Gasteiger partial charge in [-0.05, 0) is 0 Å². The van der Waals surface area contributed by atoms with E-state index in [1.165, 1.54) is 0 Å². The zero-order chi connectivity index (χ0) is 14.0. The van der Waals surface area contributed by atoms with E-state index in [0.717, 1.165) is 0 Å². The van der Waals surface area contributed by atoms with Crippen molar-refractivity contribution in [2.24, 2.45) is 5.92 Å². The number of hydrogen-bond acceptors (Lipinski definition) is 2. The second kappa shape index (κ2) is 5.38. The summed E-state index contributed by atoms with van der Waals surface area (Å²) in [6, 6.07) is 0. The van der Waals surface area contributed by atoms with E-state index >= 15 is 0 Å². The van der Waals surface area contributed by atoms with Crippen molar-refractivity contribution < 1.29 is 43.7 Å². The third-order valence-electron chi connectivity index (χ3n) is 1.74. The van der Waals surface area contributed by atoms with Crippen LogP contribution in [0, 0.1) is 5.92 Å². The van der Waals surface area contributed by atoms with Gasteiger partial charge in [0, 0.05) is 0 Å². The molecule has 104 valence electrons. The van der Waals surface area contributed by atoms with E-state index in [4.69, 9.17) is 4.55 Å². The van der Waals surface area contributed by atoms with Gasteiger partial charge in [0.15, 0.2) is 6.17 Å². The smallest absolute Gasteiger partial charge is 0.286 e. The average Bonchev–Trinajstić information content (AvgIpc) is 2.08. The lowest BCUT2D eigenvalue weighted by Gasteiger charge is -2.24. The Bertz CT molecular complexity index is 338. The summed E-state index contributed by atoms with van der Waals surface area (Å²) in [7, 11) is -5.28. The monoisotopic (exact) mass is 292 g/mol. The number of alkyl halides is 7. The molecule has 0 bridgehead atoms. The van der Waals surface area contributed by atoms with Gasteiger partial charge in [-0.3, -0.25) is 4.55 Å². The second-order valence-corrected chi connectivity index (χ2v) is 4.62. The SMILES string of the molecule is O=S(=O)(O)CC(C(F)C(F)C(F)F)C(F)(F)F. The van der Waals surface area contributed by atoms with Crippen molar-refractivity contribution in [1.82, 2.24) is 0 Å². The predicted molar refractivity (Wildman–Crippen MR) is 41.8 cm³/mol. The maximum absolute atomic E-state index is 12.8. The number of hydrogen-bond donors (Lipinski definition) is 1. The Morgan fingerprint density at radius 3 is 1.65 bits per heavy atom. The van der Waals surface area contributed by atoms with Crippen molar-refractivity contribution in [1.29, 1.82) is 0 Å². The first-order valence-electron chi connectivity index (χ1n) is 3.94. The minimum absolute atomic E-state index is 2.22. The largest absolute Gasteiger partial charge is 0.395 e. The summed E-state index contributed by atoms with van der Waals surface area (Å²) in [5.41, 5.74) is 0. The summed E-state index contributed by atoms with van der Waals surface area (Å²) < 4.78 is 113. The highest BCUT2D eigenvalue weighted by atomic mass is 32.2. The van der Waals surface area contributed by atoms with Crippen LogP contribution in [0.15, 0.2) is 0 Å². The molecule has 0 rings (SSSR count). The third-order valence-corrected chi connectivity index (χ3v) is 2.52. The van der Waals surface area contributed by atoms with Gasteiger partial charge in [0.2, 0.25) is 0 Å². The fourth-order valence-corrected chi connectivity index (χ4v) is 1.78. The Balaban J connectivity index is 5.07. The highest BCUT2D eigenvalue weighted by molar-refractivity contribution is 7.85. The standard InChI is InChI=1S/C6H7F7O3S/c7-3(4(8)5(9)10)2(6(11,12)13)1-17(14,15)16/h2-5H,1H2,(H,14,15,16). The van der Waals surface area contributed by atoms with E-state index < -0.39 is 46.7 Å². The van der Waals surface area contributed by atoms with E-state index in [0.29, 0.717) is 0 Å². The molecule has 0 heterocycles. The molecule has 11 heteroatoms. The molecule has 1 N–H and O–H groups in total. The van der Waals surface area contributed by atoms with E-state index in [-0.39, 0.29) is 0 Å². The molecule has 0 fully saturated rings. The summed E-state index contributed by atoms with van der Waals surface area (Å²) in [4.78, 5) is 0. The van der Waals surface area contributed by atoms with Crippen LogP contribution in [-0.4, -0.2) is 43.7 Å². The van der Waals surface area contributed by atoms with Crippen molar-refractivity contribution in [3.05, 3.63) is 0 Å². The molecular weight excluding hydrogens is 285 g/mol. The number of rotatable bonds is 5. The molecule has 0 aliphatic carbocycles. The summed E-state index contributed by atoms with van der Waals surface area (Å²) in [5, 5.41) is 0. The van der Waals surface area contributed by atoms with E-state index in [1.54, 1.807) is 0 Å². The van der Waals surface area contributed by atoms with Crippen LogP contribution < -0.4 is 0 Å². The average molecular weight is 292 g/mol. The van der Waals surface area contributed by atoms with Crippen LogP contribution in [0.2, 0.25) is 0 Å². The van der Waals surface area contributed by atoms with Gasteiger partial charge in [-0.15, -0.1) is 0 Å². The highest BCUT2D eigenvalue weighted by Crippen LogP contribution is 2.34. The lowest BCUT2D eigenvalue weighted by atomic mass is 10.0. The van der Waals surface area contributed by atoms with Crippen LogP contribution in [0.25, 0.3) is 0 Å². The molecule has 0 saturated carbocycles. The Kier molecular flexibility index (Phi) is 5.19. The van der Waals surface area contributed by atoms with Gasteiger partial charge in [0.05, 0.1) is 5.75 Å². The second-order valence-electron chi connectivity index (χ2n) is 3.12. The van der Waals surface area contributed by atoms with Gasteiger partial charge in [-0.1, -0.05) is 0 Å². The first-order valence-corrected chi connectivity index (χ1v) is 5.55. The Morgan fingerprint density at radius 2 is 1.41 bits per heavy atom. The molecule has 3 atom stereocenters. The predicted octanol–water partition coefficient (Wildman–Crippen LogP) is 1.99. The summed E-state index contributed by atoms with van der Waals surface area (Å²) >= 11 is 0. The molecule has 0 aliphatic rings. The maximum atomic E-state index is 12.8. The Labute approximate surface area is 91.4 Å². The molecule has 0 spiro atoms. The van der Waals surface area contributed by atoms with Crippen molar-refractivity contribution in [2.45, 2.75) is 24.9 Å². The van der Waals surface area contributed by atoms with E-state index in [2.05, 4.69) is 0 Å². The molecule has 3 unspecified atom stereocenters. The highest BCUT2D eigenvalue weighted by Gasteiger charge is 2.52. The van der Waals surface area contributed by atoms with E-state index in [9.17, 15) is 39.2 Å². The van der Waals surface area contributed by atoms with Crippen LogP contribution in [0.4, 0.5) is 30.7 Å². The van der Waals surface area contributed by atoms with E-state index in [1.807, 2.05) is 0 Å². The quantitative estimate of drug-likeness (QED) is 0.623. The first-order chi connectivity index (χ1) is 7.36. The van der Waals surface area contributed by atoms with Crippen LogP contribution in [-0.2, 0) is 10.1 Å².